The second-order valence-electron chi connectivity index (χ2n) is 3.43. The summed E-state index contributed by atoms with van der Waals surface area (Å²) in [5, 5.41) is 1.96. The summed E-state index contributed by atoms with van der Waals surface area (Å²) in [6, 6.07) is 8.07. The molecule has 15 heavy (non-hydrogen) atoms. The maximum atomic E-state index is 5.92. The van der Waals surface area contributed by atoms with Crippen molar-refractivity contribution < 1.29 is 0 Å². The number of halogens is 2. The van der Waals surface area contributed by atoms with Gasteiger partial charge in [0.15, 0.2) is 0 Å². The van der Waals surface area contributed by atoms with Crippen molar-refractivity contribution in [3.05, 3.63) is 35.0 Å². The molecule has 2 rings (SSSR count). The van der Waals surface area contributed by atoms with Crippen LogP contribution in [-0.2, 0) is 6.54 Å². The van der Waals surface area contributed by atoms with Crippen molar-refractivity contribution in [2.24, 2.45) is 5.73 Å². The van der Waals surface area contributed by atoms with Crippen molar-refractivity contribution in [2.75, 3.05) is 6.54 Å². The van der Waals surface area contributed by atoms with Crippen molar-refractivity contribution in [1.29, 1.82) is 0 Å². The van der Waals surface area contributed by atoms with Crippen LogP contribution in [0.5, 0.6) is 0 Å². The molecule has 0 aliphatic rings. The van der Waals surface area contributed by atoms with Gasteiger partial charge < -0.3 is 10.3 Å². The summed E-state index contributed by atoms with van der Waals surface area (Å²) >= 11 is 5.92. The van der Waals surface area contributed by atoms with Crippen molar-refractivity contribution in [2.45, 2.75) is 13.5 Å². The summed E-state index contributed by atoms with van der Waals surface area (Å²) in [6.45, 7) is 3.60. The van der Waals surface area contributed by atoms with Gasteiger partial charge >= 0.3 is 0 Å². The first-order chi connectivity index (χ1) is 6.72. The van der Waals surface area contributed by atoms with Gasteiger partial charge in [-0.15, -0.1) is 12.4 Å². The standard InChI is InChI=1S/C11H13ClN2.ClH/c1-8-6-9-7-10(12)2-3-11(9)14(8)5-4-13;/h2-3,6-7H,4-5,13H2,1H3;1H. The highest BCUT2D eigenvalue weighted by atomic mass is 35.5. The van der Waals surface area contributed by atoms with Crippen LogP contribution >= 0.6 is 24.0 Å². The number of hydrogen-bond acceptors (Lipinski definition) is 1. The molecule has 0 saturated heterocycles. The number of hydrogen-bond donors (Lipinski definition) is 1. The highest BCUT2D eigenvalue weighted by molar-refractivity contribution is 6.31. The van der Waals surface area contributed by atoms with Crippen LogP contribution in [0.15, 0.2) is 24.3 Å². The lowest BCUT2D eigenvalue weighted by molar-refractivity contribution is 0.715. The summed E-state index contributed by atoms with van der Waals surface area (Å²) in [5.74, 6) is 0. The fourth-order valence-electron chi connectivity index (χ4n) is 1.81. The normalized spacial score (nSPS) is 10.3. The number of fused-ring (bicyclic) bond motifs is 1. The van der Waals surface area contributed by atoms with Crippen molar-refractivity contribution >= 4 is 34.9 Å². The topological polar surface area (TPSA) is 30.9 Å². The molecule has 1 aromatic heterocycles. The zero-order chi connectivity index (χ0) is 10.1. The van der Waals surface area contributed by atoms with Crippen LogP contribution in [0, 0.1) is 6.92 Å². The average molecular weight is 245 g/mol. The van der Waals surface area contributed by atoms with E-state index in [9.17, 15) is 0 Å². The fraction of sp³-hybridized carbons (Fsp3) is 0.273. The molecule has 0 unspecified atom stereocenters. The predicted octanol–water partition coefficient (Wildman–Crippen LogP) is 2.98. The lowest BCUT2D eigenvalue weighted by Gasteiger charge is -2.05. The van der Waals surface area contributed by atoms with Crippen LogP contribution in [0.2, 0.25) is 5.02 Å². The summed E-state index contributed by atoms with van der Waals surface area (Å²) in [5.41, 5.74) is 8.00. The first kappa shape index (κ1) is 12.4. The third-order valence-electron chi connectivity index (χ3n) is 2.42. The number of benzene rings is 1. The Kier molecular flexibility index (Phi) is 4.03. The summed E-state index contributed by atoms with van der Waals surface area (Å²) in [7, 11) is 0. The van der Waals surface area contributed by atoms with E-state index in [-0.39, 0.29) is 12.4 Å². The Labute approximate surface area is 100 Å². The molecule has 2 nitrogen and oxygen atoms in total. The Balaban J connectivity index is 0.00000112. The predicted molar refractivity (Wildman–Crippen MR) is 68.0 cm³/mol. The van der Waals surface area contributed by atoms with Crippen LogP contribution < -0.4 is 5.73 Å². The van der Waals surface area contributed by atoms with Gasteiger partial charge in [0.25, 0.3) is 0 Å². The van der Waals surface area contributed by atoms with E-state index in [2.05, 4.69) is 17.6 Å². The molecule has 1 heterocycles. The number of nitrogens with zero attached hydrogens (tertiary/aromatic N) is 1. The number of aryl methyl sites for hydroxylation is 1. The SMILES string of the molecule is Cc1cc2cc(Cl)ccc2n1CCN.Cl. The Bertz CT molecular complexity index is 463. The lowest BCUT2D eigenvalue weighted by Crippen LogP contribution is -2.10. The van der Waals surface area contributed by atoms with Crippen LogP contribution in [0.4, 0.5) is 0 Å². The number of rotatable bonds is 2. The molecule has 1 aromatic carbocycles. The van der Waals surface area contributed by atoms with Crippen LogP contribution in [-0.4, -0.2) is 11.1 Å². The molecule has 4 heteroatoms. The van der Waals surface area contributed by atoms with Crippen molar-refractivity contribution in [3.8, 4) is 0 Å². The second kappa shape index (κ2) is 4.88. The van der Waals surface area contributed by atoms with Crippen molar-refractivity contribution in [3.63, 3.8) is 0 Å². The molecule has 2 aromatic rings. The maximum absolute atomic E-state index is 5.92. The van der Waals surface area contributed by atoms with Gasteiger partial charge in [-0.25, -0.2) is 0 Å². The summed E-state index contributed by atoms with van der Waals surface area (Å²) < 4.78 is 2.21. The van der Waals surface area contributed by atoms with Crippen LogP contribution in [0.1, 0.15) is 5.69 Å². The highest BCUT2D eigenvalue weighted by Gasteiger charge is 2.04. The van der Waals surface area contributed by atoms with Gasteiger partial charge in [-0.05, 0) is 31.2 Å². The van der Waals surface area contributed by atoms with E-state index in [4.69, 9.17) is 17.3 Å². The van der Waals surface area contributed by atoms with E-state index in [1.54, 1.807) is 0 Å². The molecule has 0 aliphatic carbocycles. The van der Waals surface area contributed by atoms with Gasteiger partial charge in [0.05, 0.1) is 0 Å². The van der Waals surface area contributed by atoms with E-state index in [1.165, 1.54) is 16.6 Å². The highest BCUT2D eigenvalue weighted by Crippen LogP contribution is 2.22. The first-order valence-electron chi connectivity index (χ1n) is 4.68. The van der Waals surface area contributed by atoms with E-state index in [1.807, 2.05) is 18.2 Å². The molecule has 2 N–H and O–H groups in total. The Hall–Kier alpha value is -0.700. The molecular formula is C11H14Cl2N2. The number of nitrogens with two attached hydrogens (primary N) is 1. The smallest absolute Gasteiger partial charge is 0.0483 e. The monoisotopic (exact) mass is 244 g/mol. The van der Waals surface area contributed by atoms with E-state index in [0.29, 0.717) is 6.54 Å². The molecule has 0 radical (unpaired) electrons. The molecule has 0 amide bonds. The number of aromatic nitrogens is 1. The first-order valence-corrected chi connectivity index (χ1v) is 5.05. The second-order valence-corrected chi connectivity index (χ2v) is 3.87. The molecule has 0 spiro atoms. The van der Waals surface area contributed by atoms with E-state index in [0.717, 1.165) is 11.6 Å². The average Bonchev–Trinajstić information content (AvgIpc) is 2.43. The quantitative estimate of drug-likeness (QED) is 0.866. The third-order valence-corrected chi connectivity index (χ3v) is 2.66. The lowest BCUT2D eigenvalue weighted by atomic mass is 10.2. The summed E-state index contributed by atoms with van der Waals surface area (Å²) in [4.78, 5) is 0. The van der Waals surface area contributed by atoms with Crippen molar-refractivity contribution in [1.82, 2.24) is 4.57 Å². The Morgan fingerprint density at radius 2 is 2.07 bits per heavy atom. The minimum atomic E-state index is 0. The third kappa shape index (κ3) is 2.28. The van der Waals surface area contributed by atoms with Gasteiger partial charge in [-0.2, -0.15) is 0 Å². The fourth-order valence-corrected chi connectivity index (χ4v) is 1.99. The maximum Gasteiger partial charge on any atom is 0.0483 e. The molecule has 0 fully saturated rings. The van der Waals surface area contributed by atoms with Crippen LogP contribution in [0.25, 0.3) is 10.9 Å². The Morgan fingerprint density at radius 3 is 2.73 bits per heavy atom. The largest absolute Gasteiger partial charge is 0.344 e. The van der Waals surface area contributed by atoms with Gasteiger partial charge in [0.1, 0.15) is 0 Å². The van der Waals surface area contributed by atoms with E-state index < -0.39 is 0 Å². The molecule has 82 valence electrons. The van der Waals surface area contributed by atoms with E-state index >= 15 is 0 Å². The molecule has 0 atom stereocenters. The zero-order valence-corrected chi connectivity index (χ0v) is 10.1. The van der Waals surface area contributed by atoms with Crippen LogP contribution in [0.3, 0.4) is 0 Å². The minimum Gasteiger partial charge on any atom is -0.344 e. The van der Waals surface area contributed by atoms with Gasteiger partial charge in [0, 0.05) is 34.7 Å². The zero-order valence-electron chi connectivity index (χ0n) is 8.53. The Morgan fingerprint density at radius 1 is 1.33 bits per heavy atom. The molecule has 0 bridgehead atoms. The van der Waals surface area contributed by atoms with Gasteiger partial charge in [-0.1, -0.05) is 11.6 Å². The van der Waals surface area contributed by atoms with Gasteiger partial charge in [0.2, 0.25) is 0 Å². The molecular weight excluding hydrogens is 231 g/mol. The molecule has 0 saturated carbocycles. The molecule has 0 aliphatic heterocycles. The summed E-state index contributed by atoms with van der Waals surface area (Å²) in [6.07, 6.45) is 0. The minimum absolute atomic E-state index is 0. The van der Waals surface area contributed by atoms with Gasteiger partial charge in [-0.3, -0.25) is 0 Å².